The third kappa shape index (κ3) is 2.54. The van der Waals surface area contributed by atoms with Gasteiger partial charge in [-0.2, -0.15) is 4.98 Å². The maximum absolute atomic E-state index is 13.9. The molecule has 5 nitrogen and oxygen atoms in total. The van der Waals surface area contributed by atoms with Crippen LogP contribution in [0.25, 0.3) is 11.1 Å². The standard InChI is InChI=1S/C21H23FN4O/c1-24(2)21-23-17-11-14(5-7-20(17)27-21)26-9-8-19-16(12-26)15-10-13(22)4-6-18(15)25(19)3/h4-7,11,15H,8-10,12H2,1-3H3. The second-order valence-corrected chi connectivity index (χ2v) is 7.71. The molecule has 5 rings (SSSR count). The first kappa shape index (κ1) is 16.4. The van der Waals surface area contributed by atoms with E-state index in [-0.39, 0.29) is 11.7 Å². The summed E-state index contributed by atoms with van der Waals surface area (Å²) in [6.45, 7) is 1.78. The van der Waals surface area contributed by atoms with Crippen molar-refractivity contribution in [2.45, 2.75) is 12.8 Å². The number of nitrogens with zero attached hydrogens (tertiary/aromatic N) is 4. The smallest absolute Gasteiger partial charge is 0.297 e. The van der Waals surface area contributed by atoms with Crippen LogP contribution in [0, 0.1) is 5.92 Å². The summed E-state index contributed by atoms with van der Waals surface area (Å²) in [5, 5.41) is 0. The average Bonchev–Trinajstić information content (AvgIpc) is 3.21. The predicted octanol–water partition coefficient (Wildman–Crippen LogP) is 4.06. The predicted molar refractivity (Wildman–Crippen MR) is 105 cm³/mol. The molecule has 140 valence electrons. The van der Waals surface area contributed by atoms with Crippen molar-refractivity contribution >= 4 is 22.8 Å². The lowest BCUT2D eigenvalue weighted by molar-refractivity contribution is 0.462. The maximum atomic E-state index is 13.9. The van der Waals surface area contributed by atoms with Crippen molar-refractivity contribution < 1.29 is 8.81 Å². The molecule has 3 aliphatic rings. The molecule has 0 radical (unpaired) electrons. The molecule has 0 fully saturated rings. The number of hydrogen-bond acceptors (Lipinski definition) is 5. The first-order valence-corrected chi connectivity index (χ1v) is 9.36. The number of fused-ring (bicyclic) bond motifs is 3. The molecular weight excluding hydrogens is 343 g/mol. The van der Waals surface area contributed by atoms with Gasteiger partial charge in [-0.15, -0.1) is 0 Å². The molecule has 2 aromatic rings. The third-order valence-corrected chi connectivity index (χ3v) is 5.86. The molecule has 1 atom stereocenters. The van der Waals surface area contributed by atoms with E-state index in [1.165, 1.54) is 17.0 Å². The van der Waals surface area contributed by atoms with E-state index in [1.807, 2.05) is 31.1 Å². The molecule has 0 bridgehead atoms. The van der Waals surface area contributed by atoms with Gasteiger partial charge in [0.2, 0.25) is 0 Å². The zero-order valence-corrected chi connectivity index (χ0v) is 15.9. The van der Waals surface area contributed by atoms with Crippen LogP contribution in [0.3, 0.4) is 0 Å². The molecule has 3 heterocycles. The lowest BCUT2D eigenvalue weighted by atomic mass is 9.89. The summed E-state index contributed by atoms with van der Waals surface area (Å²) in [6, 6.07) is 6.79. The normalized spacial score (nSPS) is 22.0. The highest BCUT2D eigenvalue weighted by Crippen LogP contribution is 2.45. The maximum Gasteiger partial charge on any atom is 0.297 e. The number of rotatable bonds is 2. The second kappa shape index (κ2) is 5.87. The summed E-state index contributed by atoms with van der Waals surface area (Å²) in [4.78, 5) is 11.1. The van der Waals surface area contributed by atoms with Gasteiger partial charge in [-0.1, -0.05) is 0 Å². The third-order valence-electron chi connectivity index (χ3n) is 5.86. The van der Waals surface area contributed by atoms with Crippen LogP contribution >= 0.6 is 0 Å². The van der Waals surface area contributed by atoms with Gasteiger partial charge in [0, 0.05) is 70.1 Å². The highest BCUT2D eigenvalue weighted by molar-refractivity contribution is 5.79. The van der Waals surface area contributed by atoms with Gasteiger partial charge in [0.25, 0.3) is 6.01 Å². The molecular formula is C21H23FN4O. The van der Waals surface area contributed by atoms with Gasteiger partial charge in [-0.25, -0.2) is 4.39 Å². The number of benzene rings is 1. The highest BCUT2D eigenvalue weighted by atomic mass is 19.1. The lowest BCUT2D eigenvalue weighted by Crippen LogP contribution is -2.33. The van der Waals surface area contributed by atoms with Gasteiger partial charge in [0.15, 0.2) is 5.58 Å². The van der Waals surface area contributed by atoms with Crippen molar-refractivity contribution in [3.05, 3.63) is 53.1 Å². The Balaban J connectivity index is 1.45. The minimum Gasteiger partial charge on any atom is -0.423 e. The molecule has 0 spiro atoms. The molecule has 1 aromatic heterocycles. The van der Waals surface area contributed by atoms with Gasteiger partial charge in [-0.3, -0.25) is 0 Å². The fourth-order valence-electron chi connectivity index (χ4n) is 4.45. The lowest BCUT2D eigenvalue weighted by Gasteiger charge is -2.32. The van der Waals surface area contributed by atoms with E-state index in [2.05, 4.69) is 34.0 Å². The molecule has 1 aliphatic carbocycles. The largest absolute Gasteiger partial charge is 0.423 e. The zero-order valence-electron chi connectivity index (χ0n) is 15.9. The minimum atomic E-state index is -0.0248. The fourth-order valence-corrected chi connectivity index (χ4v) is 4.45. The summed E-state index contributed by atoms with van der Waals surface area (Å²) >= 11 is 0. The SMILES string of the molecule is CN1C2=CC=C(F)CC2C2=C1CCN(c1ccc3oc(N(C)C)nc3c1)C2. The quantitative estimate of drug-likeness (QED) is 0.801. The Morgan fingerprint density at radius 3 is 2.93 bits per heavy atom. The number of hydrogen-bond donors (Lipinski definition) is 0. The van der Waals surface area contributed by atoms with Crippen molar-refractivity contribution in [2.75, 3.05) is 44.0 Å². The van der Waals surface area contributed by atoms with Crippen LogP contribution in [-0.4, -0.2) is 44.1 Å². The minimum absolute atomic E-state index is 0.0248. The summed E-state index contributed by atoms with van der Waals surface area (Å²) < 4.78 is 19.7. The first-order valence-electron chi connectivity index (χ1n) is 9.36. The molecule has 6 heteroatoms. The second-order valence-electron chi connectivity index (χ2n) is 7.71. The Hall–Kier alpha value is -2.76. The van der Waals surface area contributed by atoms with E-state index < -0.39 is 0 Å². The Morgan fingerprint density at radius 1 is 1.26 bits per heavy atom. The summed E-state index contributed by atoms with van der Waals surface area (Å²) in [6.07, 6.45) is 5.01. The summed E-state index contributed by atoms with van der Waals surface area (Å²) in [7, 11) is 5.95. The van der Waals surface area contributed by atoms with Gasteiger partial charge >= 0.3 is 0 Å². The summed E-state index contributed by atoms with van der Waals surface area (Å²) in [5.41, 5.74) is 6.75. The van der Waals surface area contributed by atoms with Gasteiger partial charge in [0.05, 0.1) is 0 Å². The number of halogens is 1. The Labute approximate surface area is 158 Å². The molecule has 1 aromatic carbocycles. The number of oxazole rings is 1. The monoisotopic (exact) mass is 366 g/mol. The van der Waals surface area contributed by atoms with Crippen LogP contribution in [0.2, 0.25) is 0 Å². The Kier molecular flexibility index (Phi) is 3.57. The summed E-state index contributed by atoms with van der Waals surface area (Å²) in [5.74, 6) is 0.150. The fraction of sp³-hybridized carbons (Fsp3) is 0.381. The van der Waals surface area contributed by atoms with Crippen LogP contribution in [0.15, 0.2) is 57.6 Å². The molecule has 0 N–H and O–H groups in total. The highest BCUT2D eigenvalue weighted by Gasteiger charge is 2.38. The van der Waals surface area contributed by atoms with E-state index >= 15 is 0 Å². The Bertz CT molecular complexity index is 1020. The van der Waals surface area contributed by atoms with E-state index in [0.717, 1.165) is 36.3 Å². The van der Waals surface area contributed by atoms with Crippen LogP contribution < -0.4 is 9.80 Å². The molecule has 2 aliphatic heterocycles. The molecule has 0 saturated carbocycles. The molecule has 0 amide bonds. The van der Waals surface area contributed by atoms with Crippen molar-refractivity contribution in [1.82, 2.24) is 9.88 Å². The molecule has 1 unspecified atom stereocenters. The topological polar surface area (TPSA) is 35.8 Å². The van der Waals surface area contributed by atoms with E-state index in [9.17, 15) is 4.39 Å². The average molecular weight is 366 g/mol. The van der Waals surface area contributed by atoms with E-state index in [4.69, 9.17) is 4.42 Å². The number of anilines is 2. The van der Waals surface area contributed by atoms with Crippen LogP contribution in [0.4, 0.5) is 16.1 Å². The van der Waals surface area contributed by atoms with E-state index in [1.54, 1.807) is 6.08 Å². The molecule has 27 heavy (non-hydrogen) atoms. The van der Waals surface area contributed by atoms with Crippen molar-refractivity contribution in [2.24, 2.45) is 5.92 Å². The number of allylic oxidation sites excluding steroid dienone is 4. The number of aromatic nitrogens is 1. The Morgan fingerprint density at radius 2 is 2.11 bits per heavy atom. The van der Waals surface area contributed by atoms with Crippen LogP contribution in [0.5, 0.6) is 0 Å². The zero-order chi connectivity index (χ0) is 18.7. The van der Waals surface area contributed by atoms with Crippen LogP contribution in [0.1, 0.15) is 12.8 Å². The van der Waals surface area contributed by atoms with Crippen LogP contribution in [-0.2, 0) is 0 Å². The van der Waals surface area contributed by atoms with Crippen molar-refractivity contribution in [1.29, 1.82) is 0 Å². The molecule has 0 saturated heterocycles. The van der Waals surface area contributed by atoms with Gasteiger partial charge < -0.3 is 19.1 Å². The van der Waals surface area contributed by atoms with Crippen molar-refractivity contribution in [3.63, 3.8) is 0 Å². The van der Waals surface area contributed by atoms with Crippen molar-refractivity contribution in [3.8, 4) is 0 Å². The van der Waals surface area contributed by atoms with Gasteiger partial charge in [-0.05, 0) is 35.9 Å². The van der Waals surface area contributed by atoms with E-state index in [0.29, 0.717) is 12.4 Å². The van der Waals surface area contributed by atoms with Gasteiger partial charge in [0.1, 0.15) is 11.3 Å². The first-order chi connectivity index (χ1) is 13.0.